The predicted octanol–water partition coefficient (Wildman–Crippen LogP) is 3.77. The van der Waals surface area contributed by atoms with Crippen LogP contribution in [-0.2, 0) is 0 Å². The minimum Gasteiger partial charge on any atom is -0.393 e. The van der Waals surface area contributed by atoms with E-state index in [1.807, 2.05) is 19.1 Å². The Morgan fingerprint density at radius 2 is 1.81 bits per heavy atom. The molecule has 0 bridgehead atoms. The lowest BCUT2D eigenvalue weighted by atomic mass is 10.1. The van der Waals surface area contributed by atoms with Crippen LogP contribution in [0.4, 0.5) is 27.4 Å². The minimum absolute atomic E-state index is 0.129. The van der Waals surface area contributed by atoms with E-state index in [9.17, 15) is 9.18 Å². The molecule has 2 aromatic carbocycles. The van der Waals surface area contributed by atoms with E-state index in [4.69, 9.17) is 5.73 Å². The zero-order valence-corrected chi connectivity index (χ0v) is 15.8. The molecule has 0 atom stereocenters. The van der Waals surface area contributed by atoms with Gasteiger partial charge >= 0.3 is 0 Å². The fourth-order valence-corrected chi connectivity index (χ4v) is 2.54. The van der Waals surface area contributed by atoms with Gasteiger partial charge in [0.2, 0.25) is 0 Å². The Balaban J connectivity index is 1.72. The summed E-state index contributed by atoms with van der Waals surface area (Å²) < 4.78 is 14.6. The van der Waals surface area contributed by atoms with Crippen LogP contribution in [0.3, 0.4) is 0 Å². The second kappa shape index (κ2) is 8.00. The molecule has 27 heavy (non-hydrogen) atoms. The van der Waals surface area contributed by atoms with E-state index >= 15 is 0 Å². The van der Waals surface area contributed by atoms with Gasteiger partial charge in [0.05, 0.1) is 5.69 Å². The zero-order valence-electron chi connectivity index (χ0n) is 14.3. The predicted molar refractivity (Wildman–Crippen MR) is 106 cm³/mol. The molecule has 1 heterocycles. The minimum atomic E-state index is -0.468. The molecule has 0 spiro atoms. The number of aryl methyl sites for hydroxylation is 1. The van der Waals surface area contributed by atoms with Gasteiger partial charge in [-0.05, 0) is 37.3 Å². The maximum Gasteiger partial charge on any atom is 0.269 e. The van der Waals surface area contributed by atoms with Crippen molar-refractivity contribution < 1.29 is 9.18 Å². The van der Waals surface area contributed by atoms with E-state index in [0.29, 0.717) is 10.0 Å². The number of aromatic nitrogens is 2. The van der Waals surface area contributed by atoms with Gasteiger partial charge in [0.25, 0.3) is 5.91 Å². The highest BCUT2D eigenvalue weighted by Gasteiger charge is 2.12. The van der Waals surface area contributed by atoms with E-state index in [0.717, 1.165) is 5.56 Å². The number of nitrogens with two attached hydrogens (primary N) is 1. The van der Waals surface area contributed by atoms with Crippen molar-refractivity contribution in [2.75, 3.05) is 16.5 Å². The summed E-state index contributed by atoms with van der Waals surface area (Å²) in [6, 6.07) is 11.6. The maximum atomic E-state index is 14.0. The molecule has 0 radical (unpaired) electrons. The topological polar surface area (TPSA) is 105 Å². The third-order valence-electron chi connectivity index (χ3n) is 3.68. The van der Waals surface area contributed by atoms with Gasteiger partial charge in [-0.15, -0.1) is 0 Å². The number of amides is 1. The molecule has 3 rings (SSSR count). The van der Waals surface area contributed by atoms with E-state index in [-0.39, 0.29) is 28.9 Å². The van der Waals surface area contributed by atoms with Crippen molar-refractivity contribution in [1.82, 2.24) is 15.4 Å². The molecule has 0 unspecified atom stereocenters. The summed E-state index contributed by atoms with van der Waals surface area (Å²) in [6.45, 7) is 1.93. The first-order chi connectivity index (χ1) is 12.9. The van der Waals surface area contributed by atoms with Gasteiger partial charge in [0.1, 0.15) is 17.8 Å². The molecule has 0 aliphatic rings. The van der Waals surface area contributed by atoms with Gasteiger partial charge in [0, 0.05) is 10.0 Å². The first-order valence-corrected chi connectivity index (χ1v) is 8.69. The van der Waals surface area contributed by atoms with Crippen LogP contribution >= 0.6 is 15.9 Å². The molecule has 1 amide bonds. The van der Waals surface area contributed by atoms with Crippen LogP contribution in [0.1, 0.15) is 15.9 Å². The fourth-order valence-electron chi connectivity index (χ4n) is 2.21. The van der Waals surface area contributed by atoms with Crippen molar-refractivity contribution in [2.24, 2.45) is 0 Å². The highest BCUT2D eigenvalue weighted by atomic mass is 79.9. The number of nitrogens with zero attached hydrogens (tertiary/aromatic N) is 2. The first kappa shape index (κ1) is 18.6. The highest BCUT2D eigenvalue weighted by molar-refractivity contribution is 9.10. The molecule has 7 nitrogen and oxygen atoms in total. The molecule has 0 aliphatic heterocycles. The van der Waals surface area contributed by atoms with Crippen molar-refractivity contribution >= 4 is 44.8 Å². The number of halogens is 2. The van der Waals surface area contributed by atoms with Crippen LogP contribution in [0.2, 0.25) is 0 Å². The molecular weight excluding hydrogens is 415 g/mol. The monoisotopic (exact) mass is 430 g/mol. The van der Waals surface area contributed by atoms with Crippen LogP contribution in [-0.4, -0.2) is 15.9 Å². The number of carbonyl (C=O) groups is 1. The van der Waals surface area contributed by atoms with Crippen LogP contribution in [0, 0.1) is 12.7 Å². The lowest BCUT2D eigenvalue weighted by molar-refractivity contribution is 0.0962. The van der Waals surface area contributed by atoms with Gasteiger partial charge in [-0.25, -0.2) is 14.4 Å². The summed E-state index contributed by atoms with van der Waals surface area (Å²) in [5.41, 5.74) is 13.1. The SMILES string of the molecule is Cc1ccc(C(=O)NNc2ncnc(Nc3ccc(Br)cc3F)c2N)cc1. The Morgan fingerprint density at radius 3 is 2.52 bits per heavy atom. The van der Waals surface area contributed by atoms with E-state index < -0.39 is 5.82 Å². The van der Waals surface area contributed by atoms with Crippen molar-refractivity contribution in [3.8, 4) is 0 Å². The second-order valence-corrected chi connectivity index (χ2v) is 6.59. The van der Waals surface area contributed by atoms with Crippen molar-refractivity contribution in [2.45, 2.75) is 6.92 Å². The lowest BCUT2D eigenvalue weighted by Gasteiger charge is -2.13. The average molecular weight is 431 g/mol. The van der Waals surface area contributed by atoms with Crippen LogP contribution in [0.15, 0.2) is 53.3 Å². The summed E-state index contributed by atoms with van der Waals surface area (Å²) in [7, 11) is 0. The standard InChI is InChI=1S/C18H16BrFN6O/c1-10-2-4-11(5-3-10)18(27)26-25-17-15(21)16(22-9-23-17)24-14-7-6-12(19)8-13(14)20/h2-9H,21H2,1H3,(H,26,27)(H2,22,23,24,25). The van der Waals surface area contributed by atoms with Gasteiger partial charge < -0.3 is 11.1 Å². The summed E-state index contributed by atoms with van der Waals surface area (Å²) in [6.07, 6.45) is 1.25. The summed E-state index contributed by atoms with van der Waals surface area (Å²) in [5.74, 6) is -0.421. The molecule has 3 aromatic rings. The Bertz CT molecular complexity index is 980. The fraction of sp³-hybridized carbons (Fsp3) is 0.0556. The normalized spacial score (nSPS) is 10.3. The number of hydrogen-bond acceptors (Lipinski definition) is 6. The largest absolute Gasteiger partial charge is 0.393 e. The van der Waals surface area contributed by atoms with Gasteiger partial charge in [-0.2, -0.15) is 0 Å². The van der Waals surface area contributed by atoms with E-state index in [1.165, 1.54) is 12.4 Å². The Hall–Kier alpha value is -3.20. The number of hydrogen-bond donors (Lipinski definition) is 4. The van der Waals surface area contributed by atoms with Crippen LogP contribution in [0.25, 0.3) is 0 Å². The lowest BCUT2D eigenvalue weighted by Crippen LogP contribution is -2.30. The molecule has 5 N–H and O–H groups in total. The molecule has 0 saturated heterocycles. The zero-order chi connectivity index (χ0) is 19.4. The van der Waals surface area contributed by atoms with Crippen LogP contribution < -0.4 is 21.9 Å². The van der Waals surface area contributed by atoms with E-state index in [1.54, 1.807) is 24.3 Å². The Morgan fingerprint density at radius 1 is 1.11 bits per heavy atom. The number of hydrazine groups is 1. The van der Waals surface area contributed by atoms with Gasteiger partial charge in [0.15, 0.2) is 11.6 Å². The summed E-state index contributed by atoms with van der Waals surface area (Å²) >= 11 is 3.20. The van der Waals surface area contributed by atoms with Crippen molar-refractivity contribution in [3.63, 3.8) is 0 Å². The van der Waals surface area contributed by atoms with Crippen molar-refractivity contribution in [3.05, 3.63) is 70.2 Å². The number of benzene rings is 2. The summed E-state index contributed by atoms with van der Waals surface area (Å²) in [5, 5.41) is 2.81. The van der Waals surface area contributed by atoms with Crippen molar-refractivity contribution in [1.29, 1.82) is 0 Å². The maximum absolute atomic E-state index is 14.0. The molecule has 0 saturated carbocycles. The quantitative estimate of drug-likeness (QED) is 0.459. The van der Waals surface area contributed by atoms with Gasteiger partial charge in [-0.3, -0.25) is 15.6 Å². The smallest absolute Gasteiger partial charge is 0.269 e. The molecule has 0 aliphatic carbocycles. The molecule has 9 heteroatoms. The summed E-state index contributed by atoms with van der Waals surface area (Å²) in [4.78, 5) is 20.2. The Labute approximate surface area is 163 Å². The third-order valence-corrected chi connectivity index (χ3v) is 4.17. The molecule has 0 fully saturated rings. The van der Waals surface area contributed by atoms with Gasteiger partial charge in [-0.1, -0.05) is 33.6 Å². The average Bonchev–Trinajstić information content (AvgIpc) is 2.65. The third kappa shape index (κ3) is 4.50. The number of rotatable bonds is 5. The second-order valence-electron chi connectivity index (χ2n) is 5.68. The number of nitrogens with one attached hydrogen (secondary N) is 3. The highest BCUT2D eigenvalue weighted by Crippen LogP contribution is 2.27. The van der Waals surface area contributed by atoms with E-state index in [2.05, 4.69) is 42.1 Å². The van der Waals surface area contributed by atoms with Crippen LogP contribution in [0.5, 0.6) is 0 Å². The molecule has 138 valence electrons. The molecular formula is C18H16BrFN6O. The molecule has 1 aromatic heterocycles. The number of carbonyl (C=O) groups excluding carboxylic acids is 1. The first-order valence-electron chi connectivity index (χ1n) is 7.89. The Kier molecular flexibility index (Phi) is 5.51. The number of anilines is 4. The number of nitrogen functional groups attached to an aromatic ring is 1.